The molecule has 0 bridgehead atoms. The Bertz CT molecular complexity index is 871. The number of halogens is 2. The van der Waals surface area contributed by atoms with Gasteiger partial charge in [-0.05, 0) is 51.4 Å². The van der Waals surface area contributed by atoms with Gasteiger partial charge in [0.25, 0.3) is 0 Å². The Morgan fingerprint density at radius 1 is 1.07 bits per heavy atom. The van der Waals surface area contributed by atoms with Gasteiger partial charge in [0.1, 0.15) is 0 Å². The van der Waals surface area contributed by atoms with Crippen molar-refractivity contribution in [2.75, 3.05) is 44.2 Å². The number of nitrogens with zero attached hydrogens (tertiary/aromatic N) is 4. The van der Waals surface area contributed by atoms with E-state index >= 15 is 0 Å². The summed E-state index contributed by atoms with van der Waals surface area (Å²) in [5.41, 5.74) is 1.79. The van der Waals surface area contributed by atoms with E-state index in [-0.39, 0.29) is 5.92 Å². The van der Waals surface area contributed by atoms with Crippen LogP contribution in [0.4, 0.5) is 5.82 Å². The maximum atomic E-state index is 13.1. The molecule has 1 aromatic heterocycles. The van der Waals surface area contributed by atoms with Crippen molar-refractivity contribution in [3.8, 4) is 11.3 Å². The van der Waals surface area contributed by atoms with Crippen LogP contribution in [0.5, 0.6) is 0 Å². The summed E-state index contributed by atoms with van der Waals surface area (Å²) in [6.45, 7) is 9.46. The van der Waals surface area contributed by atoms with Crippen LogP contribution in [0.1, 0.15) is 26.7 Å². The molecule has 2 aliphatic rings. The lowest BCUT2D eigenvalue weighted by Gasteiger charge is -2.40. The number of piperazine rings is 1. The summed E-state index contributed by atoms with van der Waals surface area (Å²) in [5, 5.41) is 8.74. The predicted molar refractivity (Wildman–Crippen MR) is 122 cm³/mol. The van der Waals surface area contributed by atoms with Crippen molar-refractivity contribution < 1.29 is 4.79 Å². The van der Waals surface area contributed by atoms with Crippen LogP contribution in [-0.4, -0.2) is 71.2 Å². The zero-order chi connectivity index (χ0) is 21.3. The fourth-order valence-corrected chi connectivity index (χ4v) is 4.95. The first kappa shape index (κ1) is 21.5. The average molecular weight is 450 g/mol. The van der Waals surface area contributed by atoms with Crippen molar-refractivity contribution in [1.29, 1.82) is 0 Å². The molecule has 0 saturated carbocycles. The number of carbonyl (C=O) groups excluding carboxylic acids is 1. The van der Waals surface area contributed by atoms with Crippen molar-refractivity contribution >= 4 is 34.9 Å². The van der Waals surface area contributed by atoms with Crippen LogP contribution < -0.4 is 4.90 Å². The molecule has 8 heteroatoms. The van der Waals surface area contributed by atoms with Gasteiger partial charge in [-0.2, -0.15) is 5.10 Å². The van der Waals surface area contributed by atoms with Gasteiger partial charge < -0.3 is 14.7 Å². The molecule has 2 saturated heterocycles. The summed E-state index contributed by atoms with van der Waals surface area (Å²) in [6.07, 6.45) is 2.12. The van der Waals surface area contributed by atoms with E-state index in [0.717, 1.165) is 69.2 Å². The van der Waals surface area contributed by atoms with Crippen LogP contribution in [0.2, 0.25) is 10.0 Å². The second-order valence-corrected chi connectivity index (χ2v) is 9.41. The first-order valence-electron chi connectivity index (χ1n) is 10.7. The minimum atomic E-state index is 0.136. The lowest BCUT2D eigenvalue weighted by Crippen LogP contribution is -2.53. The Hall–Kier alpha value is -1.76. The standard InChI is InChI=1S/C22H29Cl2N5O/c1-15(2)29-5-3-4-16(14-29)22(30)28-8-6-27(7-9-28)21-13-20(25-26-21)17-10-18(23)12-19(24)11-17/h10-13,15-16H,3-9,14H2,1-2H3,(H,25,26). The maximum absolute atomic E-state index is 13.1. The summed E-state index contributed by atoms with van der Waals surface area (Å²) in [5.74, 6) is 1.34. The number of rotatable bonds is 4. The molecular formula is C22H29Cl2N5O. The average Bonchev–Trinajstić information content (AvgIpc) is 3.23. The van der Waals surface area contributed by atoms with Crippen molar-refractivity contribution in [2.24, 2.45) is 5.92 Å². The molecular weight excluding hydrogens is 421 g/mol. The Labute approximate surface area is 188 Å². The molecule has 1 atom stereocenters. The highest BCUT2D eigenvalue weighted by molar-refractivity contribution is 6.35. The first-order chi connectivity index (χ1) is 14.4. The Balaban J connectivity index is 1.36. The van der Waals surface area contributed by atoms with Gasteiger partial charge >= 0.3 is 0 Å². The predicted octanol–water partition coefficient (Wildman–Crippen LogP) is 4.15. The molecule has 1 unspecified atom stereocenters. The number of benzene rings is 1. The summed E-state index contributed by atoms with van der Waals surface area (Å²) < 4.78 is 0. The maximum Gasteiger partial charge on any atom is 0.227 e. The molecule has 0 aliphatic carbocycles. The minimum absolute atomic E-state index is 0.136. The van der Waals surface area contributed by atoms with E-state index in [1.807, 2.05) is 23.1 Å². The summed E-state index contributed by atoms with van der Waals surface area (Å²) >= 11 is 12.2. The molecule has 2 aliphatic heterocycles. The number of nitrogens with one attached hydrogen (secondary N) is 1. The molecule has 4 rings (SSSR count). The van der Waals surface area contributed by atoms with Gasteiger partial charge in [-0.3, -0.25) is 9.89 Å². The monoisotopic (exact) mass is 449 g/mol. The molecule has 1 aromatic carbocycles. The van der Waals surface area contributed by atoms with E-state index in [4.69, 9.17) is 23.2 Å². The number of piperidine rings is 1. The number of anilines is 1. The van der Waals surface area contributed by atoms with Crippen LogP contribution in [0, 0.1) is 5.92 Å². The number of H-pyrrole nitrogens is 1. The van der Waals surface area contributed by atoms with Crippen molar-refractivity contribution in [2.45, 2.75) is 32.7 Å². The SMILES string of the molecule is CC(C)N1CCCC(C(=O)N2CCN(c3cc(-c4cc(Cl)cc(Cl)c4)[nH]n3)CC2)C1. The van der Waals surface area contributed by atoms with E-state index in [1.54, 1.807) is 6.07 Å². The van der Waals surface area contributed by atoms with E-state index in [2.05, 4.69) is 33.8 Å². The molecule has 1 amide bonds. The molecule has 0 spiro atoms. The van der Waals surface area contributed by atoms with Crippen LogP contribution in [-0.2, 0) is 4.79 Å². The van der Waals surface area contributed by atoms with E-state index in [9.17, 15) is 4.79 Å². The van der Waals surface area contributed by atoms with Crippen LogP contribution in [0.15, 0.2) is 24.3 Å². The van der Waals surface area contributed by atoms with E-state index in [0.29, 0.717) is 22.0 Å². The number of amides is 1. The second kappa shape index (κ2) is 9.16. The summed E-state index contributed by atoms with van der Waals surface area (Å²) in [6, 6.07) is 7.96. The third-order valence-electron chi connectivity index (χ3n) is 6.19. The largest absolute Gasteiger partial charge is 0.352 e. The highest BCUT2D eigenvalue weighted by Crippen LogP contribution is 2.28. The lowest BCUT2D eigenvalue weighted by molar-refractivity contribution is -0.137. The van der Waals surface area contributed by atoms with Gasteiger partial charge in [-0.1, -0.05) is 23.2 Å². The van der Waals surface area contributed by atoms with Gasteiger partial charge in [0.15, 0.2) is 5.82 Å². The smallest absolute Gasteiger partial charge is 0.227 e. The van der Waals surface area contributed by atoms with E-state index < -0.39 is 0 Å². The highest BCUT2D eigenvalue weighted by Gasteiger charge is 2.32. The number of carbonyl (C=O) groups is 1. The van der Waals surface area contributed by atoms with E-state index in [1.165, 1.54) is 0 Å². The van der Waals surface area contributed by atoms with Crippen molar-refractivity contribution in [3.63, 3.8) is 0 Å². The van der Waals surface area contributed by atoms with Gasteiger partial charge in [-0.25, -0.2) is 0 Å². The molecule has 2 fully saturated rings. The summed E-state index contributed by atoms with van der Waals surface area (Å²) in [4.78, 5) is 19.7. The molecule has 1 N–H and O–H groups in total. The number of hydrogen-bond donors (Lipinski definition) is 1. The molecule has 30 heavy (non-hydrogen) atoms. The zero-order valence-corrected chi connectivity index (χ0v) is 19.1. The van der Waals surface area contributed by atoms with Gasteiger partial charge in [0.05, 0.1) is 11.6 Å². The van der Waals surface area contributed by atoms with Crippen molar-refractivity contribution in [3.05, 3.63) is 34.3 Å². The number of likely N-dealkylation sites (tertiary alicyclic amines) is 1. The fraction of sp³-hybridized carbons (Fsp3) is 0.545. The Morgan fingerprint density at radius 2 is 1.77 bits per heavy atom. The number of aromatic nitrogens is 2. The molecule has 6 nitrogen and oxygen atoms in total. The lowest BCUT2D eigenvalue weighted by atomic mass is 9.95. The normalized spacial score (nSPS) is 20.8. The van der Waals surface area contributed by atoms with Gasteiger partial charge in [0.2, 0.25) is 5.91 Å². The Morgan fingerprint density at radius 3 is 2.43 bits per heavy atom. The zero-order valence-electron chi connectivity index (χ0n) is 17.6. The minimum Gasteiger partial charge on any atom is -0.352 e. The molecule has 0 radical (unpaired) electrons. The molecule has 162 valence electrons. The summed E-state index contributed by atoms with van der Waals surface area (Å²) in [7, 11) is 0. The fourth-order valence-electron chi connectivity index (χ4n) is 4.42. The Kier molecular flexibility index (Phi) is 6.56. The van der Waals surface area contributed by atoms with Crippen LogP contribution >= 0.6 is 23.2 Å². The molecule has 2 aromatic rings. The number of hydrogen-bond acceptors (Lipinski definition) is 4. The van der Waals surface area contributed by atoms with Gasteiger partial charge in [0, 0.05) is 60.4 Å². The highest BCUT2D eigenvalue weighted by atomic mass is 35.5. The first-order valence-corrected chi connectivity index (χ1v) is 11.5. The van der Waals surface area contributed by atoms with Crippen LogP contribution in [0.3, 0.4) is 0 Å². The second-order valence-electron chi connectivity index (χ2n) is 8.54. The third kappa shape index (κ3) is 4.76. The molecule has 3 heterocycles. The number of aromatic amines is 1. The van der Waals surface area contributed by atoms with Gasteiger partial charge in [-0.15, -0.1) is 0 Å². The third-order valence-corrected chi connectivity index (χ3v) is 6.62. The quantitative estimate of drug-likeness (QED) is 0.761. The van der Waals surface area contributed by atoms with Crippen molar-refractivity contribution in [1.82, 2.24) is 20.0 Å². The topological polar surface area (TPSA) is 55.5 Å². The van der Waals surface area contributed by atoms with Crippen LogP contribution in [0.25, 0.3) is 11.3 Å².